The van der Waals surface area contributed by atoms with E-state index in [4.69, 9.17) is 0 Å². The van der Waals surface area contributed by atoms with Crippen LogP contribution in [0.5, 0.6) is 0 Å². The van der Waals surface area contributed by atoms with Gasteiger partial charge in [-0.1, -0.05) is 12.1 Å². The molecule has 1 unspecified atom stereocenters. The Bertz CT molecular complexity index is 1090. The molecule has 0 aliphatic carbocycles. The van der Waals surface area contributed by atoms with Gasteiger partial charge in [-0.2, -0.15) is 5.10 Å². The molecule has 8 nitrogen and oxygen atoms in total. The highest BCUT2D eigenvalue weighted by Crippen LogP contribution is 2.24. The minimum absolute atomic E-state index is 0.169. The van der Waals surface area contributed by atoms with Crippen LogP contribution < -0.4 is 9.62 Å². The summed E-state index contributed by atoms with van der Waals surface area (Å²) in [7, 11) is -3.23. The number of nitrogens with one attached hydrogen (secondary N) is 1. The van der Waals surface area contributed by atoms with E-state index in [9.17, 15) is 13.2 Å². The molecule has 1 N–H and O–H groups in total. The summed E-state index contributed by atoms with van der Waals surface area (Å²) in [6.07, 6.45) is 3.72. The van der Waals surface area contributed by atoms with E-state index in [1.54, 1.807) is 35.3 Å². The van der Waals surface area contributed by atoms with E-state index >= 15 is 0 Å². The minimum atomic E-state index is -3.23. The molecule has 4 rings (SSSR count). The predicted octanol–water partition coefficient (Wildman–Crippen LogP) is 2.30. The first-order valence-corrected chi connectivity index (χ1v) is 10.9. The number of aromatic nitrogens is 3. The lowest BCUT2D eigenvalue weighted by Gasteiger charge is -2.18. The second kappa shape index (κ2) is 7.67. The van der Waals surface area contributed by atoms with Crippen molar-refractivity contribution < 1.29 is 13.2 Å². The van der Waals surface area contributed by atoms with E-state index in [1.165, 1.54) is 10.6 Å². The van der Waals surface area contributed by atoms with Crippen LogP contribution in [0.4, 0.5) is 5.69 Å². The molecule has 1 saturated heterocycles. The predicted molar refractivity (Wildman–Crippen MR) is 109 cm³/mol. The van der Waals surface area contributed by atoms with Gasteiger partial charge >= 0.3 is 0 Å². The second-order valence-corrected chi connectivity index (χ2v) is 8.93. The summed E-state index contributed by atoms with van der Waals surface area (Å²) in [6, 6.07) is 14.2. The highest BCUT2D eigenvalue weighted by atomic mass is 32.2. The van der Waals surface area contributed by atoms with Crippen molar-refractivity contribution in [1.29, 1.82) is 0 Å². The van der Waals surface area contributed by atoms with E-state index < -0.39 is 10.0 Å². The minimum Gasteiger partial charge on any atom is -0.346 e. The molecule has 1 aliphatic heterocycles. The zero-order chi connectivity index (χ0) is 20.4. The number of sulfonamides is 1. The topological polar surface area (TPSA) is 97.2 Å². The summed E-state index contributed by atoms with van der Waals surface area (Å²) >= 11 is 0. The van der Waals surface area contributed by atoms with Crippen LogP contribution in [-0.4, -0.2) is 41.4 Å². The van der Waals surface area contributed by atoms with E-state index in [2.05, 4.69) is 15.4 Å². The number of carbonyl (C=O) groups excluding carboxylic acids is 1. The molecular weight excluding hydrogens is 390 g/mol. The Kier molecular flexibility index (Phi) is 5.06. The Morgan fingerprint density at radius 1 is 1.07 bits per heavy atom. The lowest BCUT2D eigenvalue weighted by Crippen LogP contribution is -2.27. The number of amides is 1. The standard InChI is InChI=1S/C20H21N5O3S/c1-15(16-3-7-18(8-4-16)24-14-21-13-22-24)23-20(26)17-5-9-19(10-6-17)25-11-2-12-29(25,27)28/h3-10,13-15H,2,11-12H2,1H3,(H,23,26). The number of benzene rings is 2. The first-order chi connectivity index (χ1) is 13.9. The number of hydrogen-bond donors (Lipinski definition) is 1. The van der Waals surface area contributed by atoms with Crippen LogP contribution in [0.1, 0.15) is 35.3 Å². The Hall–Kier alpha value is -3.20. The number of rotatable bonds is 5. The Balaban J connectivity index is 1.42. The van der Waals surface area contributed by atoms with Gasteiger partial charge in [0.25, 0.3) is 5.91 Å². The molecule has 0 bridgehead atoms. The molecule has 3 aromatic rings. The monoisotopic (exact) mass is 411 g/mol. The van der Waals surface area contributed by atoms with Crippen molar-refractivity contribution in [1.82, 2.24) is 20.1 Å². The zero-order valence-corrected chi connectivity index (χ0v) is 16.7. The van der Waals surface area contributed by atoms with Gasteiger partial charge in [-0.25, -0.2) is 18.1 Å². The summed E-state index contributed by atoms with van der Waals surface area (Å²) in [4.78, 5) is 16.5. The second-order valence-electron chi connectivity index (χ2n) is 6.92. The molecule has 1 fully saturated rings. The van der Waals surface area contributed by atoms with Crippen molar-refractivity contribution in [2.75, 3.05) is 16.6 Å². The molecule has 1 atom stereocenters. The summed E-state index contributed by atoms with van der Waals surface area (Å²) in [5, 5.41) is 7.05. The Morgan fingerprint density at radius 3 is 2.34 bits per heavy atom. The van der Waals surface area contributed by atoms with Crippen molar-refractivity contribution >= 4 is 21.6 Å². The van der Waals surface area contributed by atoms with Gasteiger partial charge in [0.15, 0.2) is 0 Å². The molecule has 150 valence electrons. The third-order valence-corrected chi connectivity index (χ3v) is 6.81. The lowest BCUT2D eigenvalue weighted by atomic mass is 10.1. The van der Waals surface area contributed by atoms with Gasteiger partial charge in [-0.15, -0.1) is 0 Å². The fourth-order valence-corrected chi connectivity index (χ4v) is 4.89. The highest BCUT2D eigenvalue weighted by molar-refractivity contribution is 7.93. The van der Waals surface area contributed by atoms with Crippen LogP contribution in [0.3, 0.4) is 0 Å². The van der Waals surface area contributed by atoms with Gasteiger partial charge in [-0.3, -0.25) is 9.10 Å². The highest BCUT2D eigenvalue weighted by Gasteiger charge is 2.28. The molecule has 2 heterocycles. The lowest BCUT2D eigenvalue weighted by molar-refractivity contribution is 0.0940. The largest absolute Gasteiger partial charge is 0.346 e. The van der Waals surface area contributed by atoms with Crippen LogP contribution in [0, 0.1) is 0 Å². The summed E-state index contributed by atoms with van der Waals surface area (Å²) in [5.74, 6) is -0.0451. The van der Waals surface area contributed by atoms with Crippen molar-refractivity contribution in [2.24, 2.45) is 0 Å². The van der Waals surface area contributed by atoms with Crippen molar-refractivity contribution in [3.05, 3.63) is 72.3 Å². The van der Waals surface area contributed by atoms with Crippen molar-refractivity contribution in [2.45, 2.75) is 19.4 Å². The van der Waals surface area contributed by atoms with Gasteiger partial charge in [0.2, 0.25) is 10.0 Å². The number of anilines is 1. The maximum absolute atomic E-state index is 12.6. The molecular formula is C20H21N5O3S. The van der Waals surface area contributed by atoms with Gasteiger partial charge < -0.3 is 5.32 Å². The van der Waals surface area contributed by atoms with Crippen LogP contribution in [-0.2, 0) is 10.0 Å². The summed E-state index contributed by atoms with van der Waals surface area (Å²) in [5.41, 5.74) is 2.92. The van der Waals surface area contributed by atoms with E-state index in [0.717, 1.165) is 11.3 Å². The summed E-state index contributed by atoms with van der Waals surface area (Å²) < 4.78 is 27.1. The van der Waals surface area contributed by atoms with E-state index in [-0.39, 0.29) is 17.7 Å². The fraction of sp³-hybridized carbons (Fsp3) is 0.250. The summed E-state index contributed by atoms with van der Waals surface area (Å²) in [6.45, 7) is 2.39. The third-order valence-electron chi connectivity index (χ3n) is 4.94. The molecule has 2 aromatic carbocycles. The number of nitrogens with zero attached hydrogens (tertiary/aromatic N) is 4. The van der Waals surface area contributed by atoms with Gasteiger partial charge in [0.05, 0.1) is 23.2 Å². The maximum atomic E-state index is 12.6. The smallest absolute Gasteiger partial charge is 0.251 e. The molecule has 0 saturated carbocycles. The molecule has 1 amide bonds. The molecule has 0 radical (unpaired) electrons. The molecule has 0 spiro atoms. The third kappa shape index (κ3) is 4.00. The maximum Gasteiger partial charge on any atom is 0.251 e. The van der Waals surface area contributed by atoms with Crippen LogP contribution >= 0.6 is 0 Å². The normalized spacial score (nSPS) is 16.5. The molecule has 1 aliphatic rings. The first-order valence-electron chi connectivity index (χ1n) is 9.30. The van der Waals surface area contributed by atoms with Gasteiger partial charge in [-0.05, 0) is 55.3 Å². The van der Waals surface area contributed by atoms with Gasteiger partial charge in [0, 0.05) is 12.1 Å². The average Bonchev–Trinajstić information content (AvgIpc) is 3.37. The molecule has 29 heavy (non-hydrogen) atoms. The first kappa shape index (κ1) is 19.1. The molecule has 9 heteroatoms. The van der Waals surface area contributed by atoms with Crippen LogP contribution in [0.15, 0.2) is 61.2 Å². The average molecular weight is 411 g/mol. The molecule has 1 aromatic heterocycles. The quantitative estimate of drug-likeness (QED) is 0.695. The van der Waals surface area contributed by atoms with Crippen LogP contribution in [0.2, 0.25) is 0 Å². The fourth-order valence-electron chi connectivity index (χ4n) is 3.33. The Morgan fingerprint density at radius 2 is 1.76 bits per heavy atom. The zero-order valence-electron chi connectivity index (χ0n) is 15.9. The SMILES string of the molecule is CC(NC(=O)c1ccc(N2CCCS2(=O)=O)cc1)c1ccc(-n2cncn2)cc1. The van der Waals surface area contributed by atoms with Crippen LogP contribution in [0.25, 0.3) is 5.69 Å². The van der Waals surface area contributed by atoms with Gasteiger partial charge in [0.1, 0.15) is 12.7 Å². The van der Waals surface area contributed by atoms with Crippen molar-refractivity contribution in [3.8, 4) is 5.69 Å². The van der Waals surface area contributed by atoms with Crippen molar-refractivity contribution in [3.63, 3.8) is 0 Å². The van der Waals surface area contributed by atoms with E-state index in [1.807, 2.05) is 31.2 Å². The Labute approximate surface area is 169 Å². The number of carbonyl (C=O) groups is 1. The van der Waals surface area contributed by atoms with E-state index in [0.29, 0.717) is 24.2 Å². The number of hydrogen-bond acceptors (Lipinski definition) is 5.